The minimum Gasteiger partial charge on any atom is -0.396 e. The molecule has 4 N–H and O–H groups in total. The van der Waals surface area contributed by atoms with Crippen LogP contribution in [0.1, 0.15) is 41.9 Å². The number of anilines is 3. The van der Waals surface area contributed by atoms with Crippen molar-refractivity contribution in [1.82, 2.24) is 15.0 Å². The fraction of sp³-hybridized carbons (Fsp3) is 0.385. The van der Waals surface area contributed by atoms with Crippen LogP contribution in [0.2, 0.25) is 0 Å². The molecule has 178 valence electrons. The van der Waals surface area contributed by atoms with Gasteiger partial charge in [-0.05, 0) is 63.3 Å². The van der Waals surface area contributed by atoms with Gasteiger partial charge in [-0.15, -0.1) is 0 Å². The zero-order valence-electron chi connectivity index (χ0n) is 19.7. The van der Waals surface area contributed by atoms with E-state index in [1.54, 1.807) is 0 Å². The lowest BCUT2D eigenvalue weighted by molar-refractivity contribution is 0.229. The Balaban J connectivity index is 1.53. The van der Waals surface area contributed by atoms with Crippen LogP contribution in [0.25, 0.3) is 0 Å². The minimum absolute atomic E-state index is 0.231. The molecule has 1 fully saturated rings. The predicted molar refractivity (Wildman–Crippen MR) is 141 cm³/mol. The molecule has 1 aliphatic carbocycles. The van der Waals surface area contributed by atoms with E-state index < -0.39 is 0 Å². The molecule has 3 aromatic rings. The van der Waals surface area contributed by atoms with Gasteiger partial charge in [-0.3, -0.25) is 4.98 Å². The normalized spacial score (nSPS) is 17.4. The molecule has 1 aromatic carbocycles. The molecule has 34 heavy (non-hydrogen) atoms. The van der Waals surface area contributed by atoms with Crippen molar-refractivity contribution in [3.05, 3.63) is 71.2 Å². The highest BCUT2D eigenvalue weighted by Gasteiger charge is 2.26. The standard InChI is InChI=1S/C26H32N6OS/c1-17-7-6-10-22(28-17)15-27-26-29-18(2)23(14-24(34)30-20-8-4-3-5-9-20)25(32-26)31-21-12-11-19(13-21)16-33/h3-10,19,21,33H,11-16H2,1-2H3,(H,30,34)(H2,27,29,31,32)/t19?,21-/m0/s1. The van der Waals surface area contributed by atoms with E-state index in [-0.39, 0.29) is 12.6 Å². The number of hydrogen-bond acceptors (Lipinski definition) is 7. The van der Waals surface area contributed by atoms with Gasteiger partial charge in [0.2, 0.25) is 5.95 Å². The quantitative estimate of drug-likeness (QED) is 0.332. The second-order valence-electron chi connectivity index (χ2n) is 8.88. The molecule has 0 amide bonds. The van der Waals surface area contributed by atoms with Crippen molar-refractivity contribution in [3.8, 4) is 0 Å². The predicted octanol–water partition coefficient (Wildman–Crippen LogP) is 4.66. The van der Waals surface area contributed by atoms with Crippen LogP contribution < -0.4 is 16.0 Å². The van der Waals surface area contributed by atoms with Gasteiger partial charge in [0.05, 0.1) is 17.2 Å². The number of rotatable bonds is 9. The summed E-state index contributed by atoms with van der Waals surface area (Å²) in [7, 11) is 0. The zero-order chi connectivity index (χ0) is 23.9. The van der Waals surface area contributed by atoms with Gasteiger partial charge in [0, 0.05) is 41.7 Å². The largest absolute Gasteiger partial charge is 0.396 e. The SMILES string of the molecule is Cc1cccc(CNc2nc(C)c(CC(=S)Nc3ccccc3)c(N[C@H]3CCC(CO)C3)n2)n1. The zero-order valence-corrected chi connectivity index (χ0v) is 20.5. The summed E-state index contributed by atoms with van der Waals surface area (Å²) < 4.78 is 0. The molecule has 2 atom stereocenters. The van der Waals surface area contributed by atoms with E-state index in [2.05, 4.69) is 20.9 Å². The number of aliphatic hydroxyl groups excluding tert-OH is 1. The summed E-state index contributed by atoms with van der Waals surface area (Å²) in [5, 5.41) is 19.8. The van der Waals surface area contributed by atoms with E-state index in [1.807, 2.05) is 62.4 Å². The van der Waals surface area contributed by atoms with Crippen LogP contribution in [0.3, 0.4) is 0 Å². The molecule has 0 bridgehead atoms. The Kier molecular flexibility index (Phi) is 8.03. The van der Waals surface area contributed by atoms with Crippen LogP contribution in [-0.4, -0.2) is 37.7 Å². The van der Waals surface area contributed by atoms with Crippen molar-refractivity contribution in [1.29, 1.82) is 0 Å². The van der Waals surface area contributed by atoms with Gasteiger partial charge in [-0.2, -0.15) is 4.98 Å². The molecule has 7 nitrogen and oxygen atoms in total. The molecule has 1 aliphatic rings. The molecule has 0 radical (unpaired) electrons. The summed E-state index contributed by atoms with van der Waals surface area (Å²) >= 11 is 5.67. The summed E-state index contributed by atoms with van der Waals surface area (Å²) in [5.41, 5.74) is 4.75. The third-order valence-electron chi connectivity index (χ3n) is 6.12. The van der Waals surface area contributed by atoms with Crippen molar-refractivity contribution in [2.75, 3.05) is 22.6 Å². The smallest absolute Gasteiger partial charge is 0.225 e. The highest BCUT2D eigenvalue weighted by molar-refractivity contribution is 7.80. The van der Waals surface area contributed by atoms with Gasteiger partial charge in [-0.1, -0.05) is 36.5 Å². The summed E-state index contributed by atoms with van der Waals surface area (Å²) in [6.45, 7) is 4.75. The number of pyridine rings is 1. The number of aryl methyl sites for hydroxylation is 2. The van der Waals surface area contributed by atoms with Crippen LogP contribution in [0, 0.1) is 19.8 Å². The molecule has 0 saturated heterocycles. The molecular formula is C26H32N6OS. The lowest BCUT2D eigenvalue weighted by Crippen LogP contribution is -2.22. The number of para-hydroxylation sites is 1. The first-order chi connectivity index (χ1) is 16.5. The fourth-order valence-corrected chi connectivity index (χ4v) is 4.59. The van der Waals surface area contributed by atoms with E-state index in [1.165, 1.54) is 0 Å². The number of benzene rings is 1. The molecule has 1 unspecified atom stereocenters. The maximum atomic E-state index is 9.55. The first-order valence-electron chi connectivity index (χ1n) is 11.8. The summed E-state index contributed by atoms with van der Waals surface area (Å²) in [6.07, 6.45) is 3.50. The first-order valence-corrected chi connectivity index (χ1v) is 12.2. The van der Waals surface area contributed by atoms with Crippen molar-refractivity contribution < 1.29 is 5.11 Å². The highest BCUT2D eigenvalue weighted by Crippen LogP contribution is 2.29. The second-order valence-corrected chi connectivity index (χ2v) is 9.37. The number of nitrogens with zero attached hydrogens (tertiary/aromatic N) is 3. The van der Waals surface area contributed by atoms with Gasteiger partial charge >= 0.3 is 0 Å². The first kappa shape index (κ1) is 24.0. The number of aromatic nitrogens is 3. The molecular weight excluding hydrogens is 444 g/mol. The van der Waals surface area contributed by atoms with E-state index in [0.29, 0.717) is 29.8 Å². The van der Waals surface area contributed by atoms with E-state index in [4.69, 9.17) is 22.2 Å². The van der Waals surface area contributed by atoms with Crippen molar-refractivity contribution in [2.24, 2.45) is 5.92 Å². The van der Waals surface area contributed by atoms with Crippen molar-refractivity contribution >= 4 is 34.7 Å². The van der Waals surface area contributed by atoms with Gasteiger partial charge in [-0.25, -0.2) is 4.98 Å². The monoisotopic (exact) mass is 476 g/mol. The van der Waals surface area contributed by atoms with Crippen molar-refractivity contribution in [2.45, 2.75) is 52.1 Å². The maximum Gasteiger partial charge on any atom is 0.225 e. The number of nitrogens with one attached hydrogen (secondary N) is 3. The summed E-state index contributed by atoms with van der Waals surface area (Å²) in [4.78, 5) is 14.8. The molecule has 0 aliphatic heterocycles. The average molecular weight is 477 g/mol. The Labute approximate surface area is 206 Å². The topological polar surface area (TPSA) is 95.0 Å². The highest BCUT2D eigenvalue weighted by atomic mass is 32.1. The molecule has 0 spiro atoms. The Hall–Kier alpha value is -3.10. The average Bonchev–Trinajstić information content (AvgIpc) is 3.28. The number of aliphatic hydroxyl groups is 1. The number of hydrogen-bond donors (Lipinski definition) is 4. The van der Waals surface area contributed by atoms with Crippen LogP contribution in [0.15, 0.2) is 48.5 Å². The van der Waals surface area contributed by atoms with Gasteiger partial charge in [0.15, 0.2) is 0 Å². The Morgan fingerprint density at radius 2 is 1.85 bits per heavy atom. The Morgan fingerprint density at radius 1 is 1.03 bits per heavy atom. The Morgan fingerprint density at radius 3 is 2.59 bits per heavy atom. The van der Waals surface area contributed by atoms with Crippen LogP contribution in [0.4, 0.5) is 17.5 Å². The minimum atomic E-state index is 0.231. The lowest BCUT2D eigenvalue weighted by Gasteiger charge is -2.20. The van der Waals surface area contributed by atoms with Gasteiger partial charge < -0.3 is 21.1 Å². The summed E-state index contributed by atoms with van der Waals surface area (Å²) in [5.74, 6) is 1.70. The van der Waals surface area contributed by atoms with Gasteiger partial charge in [0.1, 0.15) is 5.82 Å². The van der Waals surface area contributed by atoms with E-state index in [9.17, 15) is 5.11 Å². The van der Waals surface area contributed by atoms with Crippen molar-refractivity contribution in [3.63, 3.8) is 0 Å². The second kappa shape index (κ2) is 11.4. The third kappa shape index (κ3) is 6.48. The van der Waals surface area contributed by atoms with Crippen LogP contribution in [0.5, 0.6) is 0 Å². The molecule has 1 saturated carbocycles. The van der Waals surface area contributed by atoms with E-state index >= 15 is 0 Å². The number of thiocarbonyl (C=S) groups is 1. The van der Waals surface area contributed by atoms with Gasteiger partial charge in [0.25, 0.3) is 0 Å². The molecule has 4 rings (SSSR count). The molecule has 2 aromatic heterocycles. The fourth-order valence-electron chi connectivity index (χ4n) is 4.33. The molecule has 8 heteroatoms. The summed E-state index contributed by atoms with van der Waals surface area (Å²) in [6, 6.07) is 16.2. The third-order valence-corrected chi connectivity index (χ3v) is 6.37. The van der Waals surface area contributed by atoms with E-state index in [0.717, 1.165) is 53.4 Å². The Bertz CT molecular complexity index is 1120. The lowest BCUT2D eigenvalue weighted by atomic mass is 10.1. The van der Waals surface area contributed by atoms with Crippen LogP contribution in [-0.2, 0) is 13.0 Å². The molecule has 2 heterocycles. The van der Waals surface area contributed by atoms with Crippen LogP contribution >= 0.6 is 12.2 Å². The maximum absolute atomic E-state index is 9.55.